The molecule has 8 heteroatoms. The van der Waals surface area contributed by atoms with Crippen molar-refractivity contribution in [3.8, 4) is 0 Å². The standard InChI is InChI=1S/C10H16O7S/c1-10(2)15-7-6-5(4-13-18(11)17-6)14-9(12-3)8(7)16-10/h5-9H,4H2,1-3H3/t5-,6-,7+,8+,9+,18-/m1/s1. The molecule has 0 radical (unpaired) electrons. The van der Waals surface area contributed by atoms with Gasteiger partial charge in [-0.15, -0.1) is 0 Å². The summed E-state index contributed by atoms with van der Waals surface area (Å²) in [5, 5.41) is 0. The molecule has 0 aliphatic carbocycles. The minimum absolute atomic E-state index is 0.185. The maximum absolute atomic E-state index is 11.3. The first-order valence-electron chi connectivity index (χ1n) is 5.76. The van der Waals surface area contributed by atoms with Crippen LogP contribution in [-0.2, 0) is 38.7 Å². The van der Waals surface area contributed by atoms with Crippen molar-refractivity contribution in [3.63, 3.8) is 0 Å². The van der Waals surface area contributed by atoms with E-state index in [1.807, 2.05) is 13.8 Å². The van der Waals surface area contributed by atoms with Gasteiger partial charge in [-0.05, 0) is 13.8 Å². The molecule has 0 aromatic carbocycles. The molecule has 3 saturated heterocycles. The van der Waals surface area contributed by atoms with Crippen molar-refractivity contribution >= 4 is 11.4 Å². The highest BCUT2D eigenvalue weighted by Crippen LogP contribution is 2.40. The third kappa shape index (κ3) is 2.11. The van der Waals surface area contributed by atoms with E-state index in [9.17, 15) is 4.21 Å². The van der Waals surface area contributed by atoms with Crippen LogP contribution >= 0.6 is 0 Å². The highest BCUT2D eigenvalue weighted by Gasteiger charge is 2.57. The van der Waals surface area contributed by atoms with Gasteiger partial charge in [-0.3, -0.25) is 8.37 Å². The van der Waals surface area contributed by atoms with Crippen molar-refractivity contribution in [3.05, 3.63) is 0 Å². The second kappa shape index (κ2) is 4.48. The summed E-state index contributed by atoms with van der Waals surface area (Å²) < 4.78 is 44.0. The highest BCUT2D eigenvalue weighted by atomic mass is 32.2. The van der Waals surface area contributed by atoms with Gasteiger partial charge in [0.15, 0.2) is 12.1 Å². The van der Waals surface area contributed by atoms with E-state index in [0.717, 1.165) is 0 Å². The molecule has 0 aromatic rings. The Morgan fingerprint density at radius 1 is 1.22 bits per heavy atom. The normalized spacial score (nSPS) is 50.6. The lowest BCUT2D eigenvalue weighted by Gasteiger charge is -2.42. The van der Waals surface area contributed by atoms with Crippen LogP contribution in [0.15, 0.2) is 0 Å². The van der Waals surface area contributed by atoms with Crippen LogP contribution in [0.1, 0.15) is 13.8 Å². The number of rotatable bonds is 1. The zero-order valence-electron chi connectivity index (χ0n) is 10.4. The average Bonchev–Trinajstić information content (AvgIpc) is 2.64. The van der Waals surface area contributed by atoms with Crippen LogP contribution in [0.2, 0.25) is 0 Å². The molecule has 18 heavy (non-hydrogen) atoms. The Kier molecular flexibility index (Phi) is 3.22. The SMILES string of the molecule is CO[C@H]1O[C@@H]2CO[S@@](=O)O[C@H]2[C@@H]2OC(C)(C)O[C@H]12. The minimum atomic E-state index is -1.76. The summed E-state index contributed by atoms with van der Waals surface area (Å²) in [6.07, 6.45) is -2.17. The monoisotopic (exact) mass is 280 g/mol. The van der Waals surface area contributed by atoms with Gasteiger partial charge >= 0.3 is 11.4 Å². The second-order valence-electron chi connectivity index (χ2n) is 4.89. The highest BCUT2D eigenvalue weighted by molar-refractivity contribution is 7.75. The molecule has 0 unspecified atom stereocenters. The van der Waals surface area contributed by atoms with Crippen molar-refractivity contribution in [1.82, 2.24) is 0 Å². The average molecular weight is 280 g/mol. The van der Waals surface area contributed by atoms with Gasteiger partial charge in [0, 0.05) is 7.11 Å². The quantitative estimate of drug-likeness (QED) is 0.662. The topological polar surface area (TPSA) is 72.5 Å². The summed E-state index contributed by atoms with van der Waals surface area (Å²) in [6, 6.07) is 0. The molecule has 3 heterocycles. The molecule has 6 atom stereocenters. The third-order valence-electron chi connectivity index (χ3n) is 3.18. The molecule has 3 rings (SSSR count). The molecular weight excluding hydrogens is 264 g/mol. The summed E-state index contributed by atoms with van der Waals surface area (Å²) in [5.74, 6) is -0.743. The Balaban J connectivity index is 1.85. The number of hydrogen-bond acceptors (Lipinski definition) is 7. The van der Waals surface area contributed by atoms with Crippen LogP contribution in [0.5, 0.6) is 0 Å². The Morgan fingerprint density at radius 2 is 1.94 bits per heavy atom. The minimum Gasteiger partial charge on any atom is -0.353 e. The Morgan fingerprint density at radius 3 is 2.67 bits per heavy atom. The van der Waals surface area contributed by atoms with E-state index in [1.54, 1.807) is 7.11 Å². The molecule has 0 amide bonds. The molecule has 3 fully saturated rings. The maximum atomic E-state index is 11.3. The van der Waals surface area contributed by atoms with Gasteiger partial charge in [0.25, 0.3) is 0 Å². The van der Waals surface area contributed by atoms with E-state index in [-0.39, 0.29) is 18.8 Å². The summed E-state index contributed by atoms with van der Waals surface area (Å²) in [6.45, 7) is 3.80. The predicted molar refractivity (Wildman–Crippen MR) is 58.5 cm³/mol. The lowest BCUT2D eigenvalue weighted by molar-refractivity contribution is -0.272. The number of fused-ring (bicyclic) bond motifs is 3. The van der Waals surface area contributed by atoms with Crippen molar-refractivity contribution < 1.29 is 31.5 Å². The van der Waals surface area contributed by atoms with Gasteiger partial charge in [-0.1, -0.05) is 0 Å². The van der Waals surface area contributed by atoms with Crippen molar-refractivity contribution in [1.29, 1.82) is 0 Å². The summed E-state index contributed by atoms with van der Waals surface area (Å²) >= 11 is -1.76. The van der Waals surface area contributed by atoms with E-state index in [4.69, 9.17) is 27.3 Å². The molecule has 3 aliphatic heterocycles. The molecular formula is C10H16O7S. The fourth-order valence-corrected chi connectivity index (χ4v) is 3.22. The van der Waals surface area contributed by atoms with Crippen LogP contribution in [0.4, 0.5) is 0 Å². The van der Waals surface area contributed by atoms with E-state index >= 15 is 0 Å². The zero-order chi connectivity index (χ0) is 12.9. The largest absolute Gasteiger partial charge is 0.353 e. The lowest BCUT2D eigenvalue weighted by Crippen LogP contribution is -2.60. The van der Waals surface area contributed by atoms with E-state index < -0.39 is 35.6 Å². The van der Waals surface area contributed by atoms with Gasteiger partial charge < -0.3 is 18.9 Å². The predicted octanol–water partition coefficient (Wildman–Crippen LogP) is -0.128. The second-order valence-corrected chi connectivity index (χ2v) is 5.73. The van der Waals surface area contributed by atoms with Crippen LogP contribution < -0.4 is 0 Å². The summed E-state index contributed by atoms with van der Waals surface area (Å²) in [7, 11) is 1.54. The fourth-order valence-electron chi connectivity index (χ4n) is 2.50. The Labute approximate surface area is 107 Å². The smallest absolute Gasteiger partial charge is 0.305 e. The summed E-state index contributed by atoms with van der Waals surface area (Å²) in [5.41, 5.74) is 0. The van der Waals surface area contributed by atoms with E-state index in [2.05, 4.69) is 0 Å². The maximum Gasteiger partial charge on any atom is 0.305 e. The molecule has 7 nitrogen and oxygen atoms in total. The first kappa shape index (κ1) is 12.9. The molecule has 0 bridgehead atoms. The van der Waals surface area contributed by atoms with E-state index in [1.165, 1.54) is 0 Å². The molecule has 104 valence electrons. The third-order valence-corrected chi connectivity index (χ3v) is 3.89. The molecule has 0 N–H and O–H groups in total. The van der Waals surface area contributed by atoms with Gasteiger partial charge in [0.2, 0.25) is 0 Å². The van der Waals surface area contributed by atoms with Crippen LogP contribution in [0, 0.1) is 0 Å². The van der Waals surface area contributed by atoms with Gasteiger partial charge in [-0.2, -0.15) is 4.21 Å². The molecule has 0 aromatic heterocycles. The van der Waals surface area contributed by atoms with Crippen LogP contribution in [0.25, 0.3) is 0 Å². The van der Waals surface area contributed by atoms with Gasteiger partial charge in [0.1, 0.15) is 24.4 Å². The van der Waals surface area contributed by atoms with Crippen LogP contribution in [0.3, 0.4) is 0 Å². The molecule has 0 spiro atoms. The van der Waals surface area contributed by atoms with Gasteiger partial charge in [-0.25, -0.2) is 0 Å². The fraction of sp³-hybridized carbons (Fsp3) is 1.00. The number of ether oxygens (including phenoxy) is 4. The zero-order valence-corrected chi connectivity index (χ0v) is 11.2. The van der Waals surface area contributed by atoms with Crippen molar-refractivity contribution in [2.75, 3.05) is 13.7 Å². The van der Waals surface area contributed by atoms with Gasteiger partial charge in [0.05, 0.1) is 6.61 Å². The van der Waals surface area contributed by atoms with Crippen molar-refractivity contribution in [2.45, 2.75) is 50.3 Å². The van der Waals surface area contributed by atoms with E-state index in [0.29, 0.717) is 0 Å². The Hall–Kier alpha value is -0.0900. The molecule has 3 aliphatic rings. The summed E-state index contributed by atoms with van der Waals surface area (Å²) in [4.78, 5) is 0. The molecule has 0 saturated carbocycles. The van der Waals surface area contributed by atoms with Crippen LogP contribution in [-0.4, -0.2) is 54.4 Å². The van der Waals surface area contributed by atoms with Crippen molar-refractivity contribution in [2.24, 2.45) is 0 Å². The lowest BCUT2D eigenvalue weighted by atomic mass is 9.99. The first-order chi connectivity index (χ1) is 8.50. The Bertz CT molecular complexity index is 360. The number of hydrogen-bond donors (Lipinski definition) is 0. The first-order valence-corrected chi connectivity index (χ1v) is 6.76. The number of methoxy groups -OCH3 is 1.